The smallest absolute Gasteiger partial charge is 0.264 e. The van der Waals surface area contributed by atoms with Gasteiger partial charge in [-0.3, -0.25) is 13.9 Å². The van der Waals surface area contributed by atoms with Gasteiger partial charge in [0.25, 0.3) is 10.0 Å². The largest absolute Gasteiger partial charge is 0.350 e. The van der Waals surface area contributed by atoms with E-state index in [1.807, 2.05) is 36.1 Å². The number of aryl methyl sites for hydroxylation is 2. The van der Waals surface area contributed by atoms with E-state index in [1.54, 1.807) is 37.3 Å². The highest BCUT2D eigenvalue weighted by Crippen LogP contribution is 2.29. The molecule has 1 aliphatic heterocycles. The van der Waals surface area contributed by atoms with Gasteiger partial charge in [0, 0.05) is 31.1 Å². The molecule has 1 saturated heterocycles. The summed E-state index contributed by atoms with van der Waals surface area (Å²) in [6.07, 6.45) is 1.50. The average molecular weight is 540 g/mol. The van der Waals surface area contributed by atoms with E-state index in [9.17, 15) is 18.0 Å². The molecule has 4 rings (SSSR count). The van der Waals surface area contributed by atoms with Crippen molar-refractivity contribution in [3.63, 3.8) is 0 Å². The molecule has 0 spiro atoms. The van der Waals surface area contributed by atoms with E-state index in [4.69, 9.17) is 11.6 Å². The maximum absolute atomic E-state index is 13.6. The standard InChI is InChI=1S/C28H30ClN3O4S/c1-20-5-13-25(14-6-20)37(35,36)32(26-16-24(29)12-7-21(26)2)19-27(33)30-17-22-8-10-23(11-9-22)18-31-15-3-4-28(31)34/h5-14,16H,3-4,15,17-19H2,1-2H3,(H,30,33). The molecule has 0 aliphatic carbocycles. The first-order chi connectivity index (χ1) is 17.6. The highest BCUT2D eigenvalue weighted by molar-refractivity contribution is 7.92. The predicted octanol–water partition coefficient (Wildman–Crippen LogP) is 4.59. The molecular formula is C28H30ClN3O4S. The molecule has 37 heavy (non-hydrogen) atoms. The van der Waals surface area contributed by atoms with Gasteiger partial charge in [0.05, 0.1) is 10.6 Å². The van der Waals surface area contributed by atoms with Crippen LogP contribution in [0.1, 0.15) is 35.1 Å². The summed E-state index contributed by atoms with van der Waals surface area (Å²) in [5.74, 6) is -0.266. The van der Waals surface area contributed by atoms with Gasteiger partial charge < -0.3 is 10.2 Å². The fraction of sp³-hybridized carbons (Fsp3) is 0.286. The molecule has 3 aromatic rings. The van der Waals surface area contributed by atoms with Gasteiger partial charge in [-0.05, 0) is 61.2 Å². The highest BCUT2D eigenvalue weighted by Gasteiger charge is 2.28. The van der Waals surface area contributed by atoms with Crippen LogP contribution < -0.4 is 9.62 Å². The quantitative estimate of drug-likeness (QED) is 0.431. The Bertz CT molecular complexity index is 1390. The van der Waals surface area contributed by atoms with Crippen molar-refractivity contribution in [2.75, 3.05) is 17.4 Å². The second kappa shape index (κ2) is 11.4. The summed E-state index contributed by atoms with van der Waals surface area (Å²) < 4.78 is 28.3. The van der Waals surface area contributed by atoms with E-state index in [2.05, 4.69) is 5.32 Å². The van der Waals surface area contributed by atoms with E-state index in [-0.39, 0.29) is 17.3 Å². The molecule has 1 N–H and O–H groups in total. The molecular weight excluding hydrogens is 510 g/mol. The van der Waals surface area contributed by atoms with E-state index in [1.165, 1.54) is 12.1 Å². The van der Waals surface area contributed by atoms with Crippen LogP contribution in [-0.4, -0.2) is 38.2 Å². The summed E-state index contributed by atoms with van der Waals surface area (Å²) in [7, 11) is -4.03. The zero-order valence-electron chi connectivity index (χ0n) is 20.9. The summed E-state index contributed by atoms with van der Waals surface area (Å²) in [6, 6.07) is 19.2. The SMILES string of the molecule is Cc1ccc(S(=O)(=O)N(CC(=O)NCc2ccc(CN3CCCC3=O)cc2)c2cc(Cl)ccc2C)cc1. The van der Waals surface area contributed by atoms with Crippen molar-refractivity contribution in [1.29, 1.82) is 0 Å². The third-order valence-electron chi connectivity index (χ3n) is 6.39. The van der Waals surface area contributed by atoms with Crippen LogP contribution in [-0.2, 0) is 32.7 Å². The van der Waals surface area contributed by atoms with Crippen LogP contribution in [0.2, 0.25) is 5.02 Å². The molecule has 1 fully saturated rings. The summed E-state index contributed by atoms with van der Waals surface area (Å²) >= 11 is 6.19. The lowest BCUT2D eigenvalue weighted by molar-refractivity contribution is -0.128. The molecule has 2 amide bonds. The number of carbonyl (C=O) groups is 2. The van der Waals surface area contributed by atoms with Gasteiger partial charge in [0.1, 0.15) is 6.54 Å². The number of hydrogen-bond donors (Lipinski definition) is 1. The summed E-state index contributed by atoms with van der Waals surface area (Å²) in [5, 5.41) is 3.20. The molecule has 0 bridgehead atoms. The Morgan fingerprint density at radius 1 is 1.00 bits per heavy atom. The predicted molar refractivity (Wildman–Crippen MR) is 145 cm³/mol. The van der Waals surface area contributed by atoms with Gasteiger partial charge in [0.15, 0.2) is 0 Å². The van der Waals surface area contributed by atoms with Gasteiger partial charge >= 0.3 is 0 Å². The molecule has 1 aliphatic rings. The lowest BCUT2D eigenvalue weighted by atomic mass is 10.1. The first kappa shape index (κ1) is 26.7. The number of anilines is 1. The number of sulfonamides is 1. The molecule has 0 unspecified atom stereocenters. The van der Waals surface area contributed by atoms with Crippen LogP contribution in [0.25, 0.3) is 0 Å². The zero-order valence-corrected chi connectivity index (χ0v) is 22.5. The number of amides is 2. The van der Waals surface area contributed by atoms with Gasteiger partial charge in [0.2, 0.25) is 11.8 Å². The maximum Gasteiger partial charge on any atom is 0.264 e. The fourth-order valence-corrected chi connectivity index (χ4v) is 5.87. The lowest BCUT2D eigenvalue weighted by Gasteiger charge is -2.26. The van der Waals surface area contributed by atoms with Crippen molar-refractivity contribution < 1.29 is 18.0 Å². The monoisotopic (exact) mass is 539 g/mol. The number of halogens is 1. The first-order valence-corrected chi connectivity index (χ1v) is 13.9. The summed E-state index contributed by atoms with van der Waals surface area (Å²) in [6.45, 7) is 4.86. The maximum atomic E-state index is 13.6. The number of nitrogens with zero attached hydrogens (tertiary/aromatic N) is 2. The van der Waals surface area contributed by atoms with Crippen LogP contribution in [0.15, 0.2) is 71.6 Å². The Kier molecular flexibility index (Phi) is 8.19. The number of benzene rings is 3. The van der Waals surface area contributed by atoms with Crippen molar-refractivity contribution in [3.05, 3.63) is 94.0 Å². The molecule has 0 radical (unpaired) electrons. The number of hydrogen-bond acceptors (Lipinski definition) is 4. The van der Waals surface area contributed by atoms with Crippen LogP contribution in [0.5, 0.6) is 0 Å². The summed E-state index contributed by atoms with van der Waals surface area (Å²) in [5.41, 5.74) is 3.86. The van der Waals surface area contributed by atoms with Gasteiger partial charge in [-0.25, -0.2) is 8.42 Å². The van der Waals surface area contributed by atoms with Crippen molar-refractivity contribution in [3.8, 4) is 0 Å². The third-order valence-corrected chi connectivity index (χ3v) is 8.40. The topological polar surface area (TPSA) is 86.8 Å². The van der Waals surface area contributed by atoms with Crippen LogP contribution in [0, 0.1) is 13.8 Å². The second-order valence-corrected chi connectivity index (χ2v) is 11.6. The Balaban J connectivity index is 1.48. The van der Waals surface area contributed by atoms with Crippen LogP contribution in [0.3, 0.4) is 0 Å². The minimum absolute atomic E-state index is 0.0948. The molecule has 194 valence electrons. The number of rotatable bonds is 9. The zero-order chi connectivity index (χ0) is 26.6. The first-order valence-electron chi connectivity index (χ1n) is 12.1. The van der Waals surface area contributed by atoms with E-state index >= 15 is 0 Å². The van der Waals surface area contributed by atoms with Crippen molar-refractivity contribution in [1.82, 2.24) is 10.2 Å². The minimum atomic E-state index is -4.03. The second-order valence-electron chi connectivity index (χ2n) is 9.27. The average Bonchev–Trinajstić information content (AvgIpc) is 3.28. The Morgan fingerprint density at radius 3 is 2.32 bits per heavy atom. The molecule has 9 heteroatoms. The fourth-order valence-electron chi connectivity index (χ4n) is 4.23. The normalized spacial score (nSPS) is 13.6. The summed E-state index contributed by atoms with van der Waals surface area (Å²) in [4.78, 5) is 26.8. The number of carbonyl (C=O) groups excluding carboxylic acids is 2. The molecule has 7 nitrogen and oxygen atoms in total. The molecule has 3 aromatic carbocycles. The van der Waals surface area contributed by atoms with Gasteiger partial charge in [-0.1, -0.05) is 59.6 Å². The van der Waals surface area contributed by atoms with Crippen molar-refractivity contribution >= 4 is 39.1 Å². The Morgan fingerprint density at radius 2 is 1.68 bits per heavy atom. The molecule has 0 saturated carbocycles. The number of nitrogens with one attached hydrogen (secondary N) is 1. The minimum Gasteiger partial charge on any atom is -0.350 e. The highest BCUT2D eigenvalue weighted by atomic mass is 35.5. The van der Waals surface area contributed by atoms with Crippen molar-refractivity contribution in [2.24, 2.45) is 0 Å². The van der Waals surface area contributed by atoms with E-state index in [0.717, 1.165) is 34.0 Å². The van der Waals surface area contributed by atoms with E-state index in [0.29, 0.717) is 29.2 Å². The van der Waals surface area contributed by atoms with Crippen LogP contribution >= 0.6 is 11.6 Å². The third kappa shape index (κ3) is 6.50. The lowest BCUT2D eigenvalue weighted by Crippen LogP contribution is -2.41. The van der Waals surface area contributed by atoms with Gasteiger partial charge in [-0.2, -0.15) is 0 Å². The van der Waals surface area contributed by atoms with Crippen LogP contribution in [0.4, 0.5) is 5.69 Å². The molecule has 0 aromatic heterocycles. The number of likely N-dealkylation sites (tertiary alicyclic amines) is 1. The van der Waals surface area contributed by atoms with Gasteiger partial charge in [-0.15, -0.1) is 0 Å². The Labute approximate surface area is 223 Å². The molecule has 1 heterocycles. The van der Waals surface area contributed by atoms with E-state index < -0.39 is 22.5 Å². The van der Waals surface area contributed by atoms with Crippen molar-refractivity contribution in [2.45, 2.75) is 44.7 Å². The Hall–Kier alpha value is -3.36. The molecule has 0 atom stereocenters.